The maximum Gasteiger partial charge on any atom is 0.239 e. The van der Waals surface area contributed by atoms with Crippen LogP contribution in [0.3, 0.4) is 0 Å². The number of amides is 1. The molecule has 5 heteroatoms. The van der Waals surface area contributed by atoms with E-state index in [1.165, 1.54) is 12.7 Å². The summed E-state index contributed by atoms with van der Waals surface area (Å²) in [6, 6.07) is 7.45. The van der Waals surface area contributed by atoms with Crippen LogP contribution in [0.15, 0.2) is 24.3 Å². The van der Waals surface area contributed by atoms with E-state index in [1.807, 2.05) is 25.1 Å². The molecule has 0 aliphatic rings. The van der Waals surface area contributed by atoms with Crippen molar-refractivity contribution in [1.29, 1.82) is 0 Å². The Labute approximate surface area is 133 Å². The van der Waals surface area contributed by atoms with Gasteiger partial charge in [0.1, 0.15) is 6.04 Å². The summed E-state index contributed by atoms with van der Waals surface area (Å²) in [4.78, 5) is 12.1. The zero-order valence-electron chi connectivity index (χ0n) is 13.5. The van der Waals surface area contributed by atoms with Crippen molar-refractivity contribution in [3.05, 3.63) is 35.4 Å². The highest BCUT2D eigenvalue weighted by Gasteiger charge is 2.29. The van der Waals surface area contributed by atoms with E-state index in [2.05, 4.69) is 32.2 Å². The van der Waals surface area contributed by atoms with Crippen LogP contribution in [0.4, 0.5) is 0 Å². The molecular formula is C16H27ClN2O2. The Bertz CT molecular complexity index is 458. The Hall–Kier alpha value is -1.10. The number of nitrogens with one attached hydrogen (secondary N) is 1. The maximum absolute atomic E-state index is 12.1. The van der Waals surface area contributed by atoms with Crippen LogP contribution in [0.1, 0.15) is 37.9 Å². The minimum absolute atomic E-state index is 0. The molecular weight excluding hydrogens is 288 g/mol. The molecule has 0 saturated carbocycles. The number of hydrogen-bond acceptors (Lipinski definition) is 3. The number of rotatable bonds is 5. The lowest BCUT2D eigenvalue weighted by Crippen LogP contribution is -2.47. The molecule has 0 aromatic heterocycles. The molecule has 0 heterocycles. The Balaban J connectivity index is 0.00000400. The van der Waals surface area contributed by atoms with Gasteiger partial charge in [-0.15, -0.1) is 12.4 Å². The van der Waals surface area contributed by atoms with E-state index in [4.69, 9.17) is 10.5 Å². The quantitative estimate of drug-likeness (QED) is 0.878. The molecule has 0 aliphatic heterocycles. The zero-order chi connectivity index (χ0) is 15.3. The van der Waals surface area contributed by atoms with Gasteiger partial charge in [-0.2, -0.15) is 0 Å². The molecule has 2 unspecified atom stereocenters. The van der Waals surface area contributed by atoms with Crippen molar-refractivity contribution in [3.8, 4) is 0 Å². The Morgan fingerprint density at radius 2 is 2.00 bits per heavy atom. The minimum Gasteiger partial charge on any atom is -0.383 e. The summed E-state index contributed by atoms with van der Waals surface area (Å²) in [5.41, 5.74) is 7.96. The molecule has 0 fully saturated rings. The SMILES string of the molecule is COCC(N)C(=O)NC(c1cccc(C)c1)C(C)(C)C.Cl. The lowest BCUT2D eigenvalue weighted by Gasteiger charge is -2.33. The van der Waals surface area contributed by atoms with Gasteiger partial charge in [0.15, 0.2) is 0 Å². The molecule has 3 N–H and O–H groups in total. The van der Waals surface area contributed by atoms with Gasteiger partial charge in [-0.1, -0.05) is 50.6 Å². The van der Waals surface area contributed by atoms with Crippen LogP contribution in [0.2, 0.25) is 0 Å². The smallest absolute Gasteiger partial charge is 0.239 e. The summed E-state index contributed by atoms with van der Waals surface area (Å²) in [6.07, 6.45) is 0. The van der Waals surface area contributed by atoms with Crippen molar-refractivity contribution in [2.75, 3.05) is 13.7 Å². The molecule has 4 nitrogen and oxygen atoms in total. The van der Waals surface area contributed by atoms with Gasteiger partial charge in [-0.25, -0.2) is 0 Å². The van der Waals surface area contributed by atoms with E-state index in [1.54, 1.807) is 0 Å². The normalized spacial score (nSPS) is 14.0. The Morgan fingerprint density at radius 1 is 1.38 bits per heavy atom. The number of carbonyl (C=O) groups excluding carboxylic acids is 1. The fraction of sp³-hybridized carbons (Fsp3) is 0.562. The van der Waals surface area contributed by atoms with Gasteiger partial charge in [-0.05, 0) is 17.9 Å². The van der Waals surface area contributed by atoms with Crippen LogP contribution < -0.4 is 11.1 Å². The van der Waals surface area contributed by atoms with Crippen LogP contribution in [0.25, 0.3) is 0 Å². The molecule has 2 atom stereocenters. The van der Waals surface area contributed by atoms with E-state index in [0.29, 0.717) is 0 Å². The second kappa shape index (κ2) is 8.37. The van der Waals surface area contributed by atoms with Gasteiger partial charge in [0, 0.05) is 7.11 Å². The number of benzene rings is 1. The molecule has 0 bridgehead atoms. The molecule has 1 aromatic rings. The summed E-state index contributed by atoms with van der Waals surface area (Å²) in [5, 5.41) is 3.04. The molecule has 0 saturated heterocycles. The van der Waals surface area contributed by atoms with E-state index in [-0.39, 0.29) is 36.4 Å². The first kappa shape index (κ1) is 19.9. The molecule has 21 heavy (non-hydrogen) atoms. The molecule has 0 radical (unpaired) electrons. The lowest BCUT2D eigenvalue weighted by molar-refractivity contribution is -0.125. The average molecular weight is 315 g/mol. The third-order valence-corrected chi connectivity index (χ3v) is 3.21. The summed E-state index contributed by atoms with van der Waals surface area (Å²) in [6.45, 7) is 8.56. The first-order valence-electron chi connectivity index (χ1n) is 6.87. The van der Waals surface area contributed by atoms with Gasteiger partial charge in [-0.3, -0.25) is 4.79 Å². The Morgan fingerprint density at radius 3 is 2.48 bits per heavy atom. The van der Waals surface area contributed by atoms with Crippen LogP contribution in [0.5, 0.6) is 0 Å². The van der Waals surface area contributed by atoms with Crippen LogP contribution in [-0.4, -0.2) is 25.7 Å². The van der Waals surface area contributed by atoms with Crippen molar-refractivity contribution in [1.82, 2.24) is 5.32 Å². The summed E-state index contributed by atoms with van der Waals surface area (Å²) < 4.78 is 4.93. The molecule has 1 amide bonds. The van der Waals surface area contributed by atoms with E-state index < -0.39 is 6.04 Å². The number of carbonyl (C=O) groups is 1. The number of hydrogen-bond donors (Lipinski definition) is 2. The van der Waals surface area contributed by atoms with Crippen molar-refractivity contribution >= 4 is 18.3 Å². The predicted molar refractivity (Wildman–Crippen MR) is 88.6 cm³/mol. The number of methoxy groups -OCH3 is 1. The van der Waals surface area contributed by atoms with Gasteiger partial charge >= 0.3 is 0 Å². The molecule has 1 aromatic carbocycles. The molecule has 0 aliphatic carbocycles. The number of nitrogens with two attached hydrogens (primary N) is 1. The fourth-order valence-corrected chi connectivity index (χ4v) is 2.15. The fourth-order valence-electron chi connectivity index (χ4n) is 2.15. The monoisotopic (exact) mass is 314 g/mol. The second-order valence-corrected chi connectivity index (χ2v) is 6.28. The first-order valence-corrected chi connectivity index (χ1v) is 6.87. The van der Waals surface area contributed by atoms with Gasteiger partial charge in [0.05, 0.1) is 12.6 Å². The first-order chi connectivity index (χ1) is 9.25. The summed E-state index contributed by atoms with van der Waals surface area (Å²) >= 11 is 0. The van der Waals surface area contributed by atoms with Crippen molar-refractivity contribution in [3.63, 3.8) is 0 Å². The largest absolute Gasteiger partial charge is 0.383 e. The number of ether oxygens (including phenoxy) is 1. The maximum atomic E-state index is 12.1. The van der Waals surface area contributed by atoms with Crippen LogP contribution >= 0.6 is 12.4 Å². The highest BCUT2D eigenvalue weighted by molar-refractivity contribution is 5.85. The molecule has 0 spiro atoms. The van der Waals surface area contributed by atoms with Crippen LogP contribution in [-0.2, 0) is 9.53 Å². The van der Waals surface area contributed by atoms with E-state index in [9.17, 15) is 4.79 Å². The molecule has 120 valence electrons. The van der Waals surface area contributed by atoms with E-state index >= 15 is 0 Å². The number of halogens is 1. The minimum atomic E-state index is -0.644. The highest BCUT2D eigenvalue weighted by Crippen LogP contribution is 2.33. The highest BCUT2D eigenvalue weighted by atomic mass is 35.5. The van der Waals surface area contributed by atoms with Gasteiger partial charge in [0.2, 0.25) is 5.91 Å². The van der Waals surface area contributed by atoms with Gasteiger partial charge in [0.25, 0.3) is 0 Å². The standard InChI is InChI=1S/C16H26N2O2.ClH/c1-11-7-6-8-12(9-11)14(16(2,3)4)18-15(19)13(17)10-20-5;/h6-9,13-14H,10,17H2,1-5H3,(H,18,19);1H. The van der Waals surface area contributed by atoms with Crippen molar-refractivity contribution in [2.45, 2.75) is 39.8 Å². The third kappa shape index (κ3) is 6.04. The predicted octanol–water partition coefficient (Wildman–Crippen LogP) is 2.59. The summed E-state index contributed by atoms with van der Waals surface area (Å²) in [5.74, 6) is -0.187. The molecule has 1 rings (SSSR count). The van der Waals surface area contributed by atoms with Crippen molar-refractivity contribution < 1.29 is 9.53 Å². The van der Waals surface area contributed by atoms with Gasteiger partial charge < -0.3 is 15.8 Å². The van der Waals surface area contributed by atoms with Crippen molar-refractivity contribution in [2.24, 2.45) is 11.1 Å². The van der Waals surface area contributed by atoms with Crippen LogP contribution in [0, 0.1) is 12.3 Å². The third-order valence-electron chi connectivity index (χ3n) is 3.21. The number of aryl methyl sites for hydroxylation is 1. The zero-order valence-corrected chi connectivity index (χ0v) is 14.3. The topological polar surface area (TPSA) is 64.3 Å². The average Bonchev–Trinajstić information content (AvgIpc) is 2.34. The Kier molecular flexibility index (Phi) is 7.93. The summed E-state index contributed by atoms with van der Waals surface area (Å²) in [7, 11) is 1.54. The lowest BCUT2D eigenvalue weighted by atomic mass is 9.82. The van der Waals surface area contributed by atoms with E-state index in [0.717, 1.165) is 5.56 Å². The second-order valence-electron chi connectivity index (χ2n) is 6.28.